The lowest BCUT2D eigenvalue weighted by atomic mass is 10.1. The first-order valence-corrected chi connectivity index (χ1v) is 10.8. The number of anilines is 1. The van der Waals surface area contributed by atoms with E-state index in [1.165, 1.54) is 10.5 Å². The van der Waals surface area contributed by atoms with Crippen LogP contribution < -0.4 is 19.3 Å². The number of ether oxygens (including phenoxy) is 2. The number of carbonyl (C=O) groups excluding carboxylic acids is 2. The Morgan fingerprint density at radius 3 is 2.45 bits per heavy atom. The molecule has 2 saturated heterocycles. The Bertz CT molecular complexity index is 954. The quantitative estimate of drug-likeness (QED) is 0.761. The molecule has 2 heterocycles. The smallest absolute Gasteiger partial charge is 0.254 e. The van der Waals surface area contributed by atoms with Crippen LogP contribution in [0.15, 0.2) is 42.5 Å². The van der Waals surface area contributed by atoms with E-state index < -0.39 is 0 Å². The summed E-state index contributed by atoms with van der Waals surface area (Å²) in [4.78, 5) is 30.2. The van der Waals surface area contributed by atoms with E-state index in [2.05, 4.69) is 6.07 Å². The minimum atomic E-state index is 0.0404. The topological polar surface area (TPSA) is 63.5 Å². The lowest BCUT2D eigenvalue weighted by molar-refractivity contribution is -0.917. The largest absolute Gasteiger partial charge is 0.493 e. The number of nitrogens with zero attached hydrogens (tertiary/aromatic N) is 2. The summed E-state index contributed by atoms with van der Waals surface area (Å²) in [5.74, 6) is 1.65. The maximum Gasteiger partial charge on any atom is 0.254 e. The van der Waals surface area contributed by atoms with Crippen LogP contribution in [0.2, 0.25) is 0 Å². The van der Waals surface area contributed by atoms with Gasteiger partial charge in [0, 0.05) is 29.8 Å². The highest BCUT2D eigenvalue weighted by atomic mass is 16.5. The Morgan fingerprint density at radius 1 is 1.00 bits per heavy atom. The molecule has 2 amide bonds. The third-order valence-corrected chi connectivity index (χ3v) is 6.14. The maximum absolute atomic E-state index is 13.1. The van der Waals surface area contributed by atoms with Crippen molar-refractivity contribution in [1.29, 1.82) is 0 Å². The van der Waals surface area contributed by atoms with Crippen molar-refractivity contribution in [3.63, 3.8) is 0 Å². The lowest BCUT2D eigenvalue weighted by Gasteiger charge is -2.32. The van der Waals surface area contributed by atoms with E-state index in [4.69, 9.17) is 9.47 Å². The van der Waals surface area contributed by atoms with Gasteiger partial charge in [-0.3, -0.25) is 9.59 Å². The Labute approximate surface area is 183 Å². The SMILES string of the molecule is COc1ccc(C[NH+]2CCN(C(=O)c3cccc(N4CCCC4=O)c3)CC2)cc1OC. The molecule has 4 rings (SSSR count). The molecular formula is C24H30N3O4+. The molecule has 2 aliphatic heterocycles. The second-order valence-corrected chi connectivity index (χ2v) is 8.11. The lowest BCUT2D eigenvalue weighted by Crippen LogP contribution is -3.13. The van der Waals surface area contributed by atoms with Crippen LogP contribution in [-0.2, 0) is 11.3 Å². The summed E-state index contributed by atoms with van der Waals surface area (Å²) < 4.78 is 10.7. The first-order chi connectivity index (χ1) is 15.1. The fourth-order valence-electron chi connectivity index (χ4n) is 4.39. The second kappa shape index (κ2) is 9.39. The van der Waals surface area contributed by atoms with Crippen molar-refractivity contribution >= 4 is 17.5 Å². The first-order valence-electron chi connectivity index (χ1n) is 10.8. The molecule has 31 heavy (non-hydrogen) atoms. The van der Waals surface area contributed by atoms with E-state index in [1.54, 1.807) is 19.1 Å². The van der Waals surface area contributed by atoms with Crippen molar-refractivity contribution in [1.82, 2.24) is 4.90 Å². The van der Waals surface area contributed by atoms with E-state index in [-0.39, 0.29) is 11.8 Å². The van der Waals surface area contributed by atoms with Gasteiger partial charge in [0.25, 0.3) is 5.91 Å². The van der Waals surface area contributed by atoms with Gasteiger partial charge in [0.05, 0.1) is 40.4 Å². The van der Waals surface area contributed by atoms with E-state index in [0.717, 1.165) is 49.8 Å². The molecule has 2 fully saturated rings. The molecule has 7 heteroatoms. The fourth-order valence-corrected chi connectivity index (χ4v) is 4.39. The third-order valence-electron chi connectivity index (χ3n) is 6.14. The first kappa shape index (κ1) is 21.2. The van der Waals surface area contributed by atoms with Crippen LogP contribution >= 0.6 is 0 Å². The van der Waals surface area contributed by atoms with Gasteiger partial charge in [0.1, 0.15) is 6.54 Å². The van der Waals surface area contributed by atoms with Crippen molar-refractivity contribution in [2.75, 3.05) is 51.8 Å². The molecule has 2 aromatic carbocycles. The van der Waals surface area contributed by atoms with Gasteiger partial charge in [0.15, 0.2) is 11.5 Å². The molecule has 2 aliphatic rings. The van der Waals surface area contributed by atoms with Gasteiger partial charge >= 0.3 is 0 Å². The highest BCUT2D eigenvalue weighted by Crippen LogP contribution is 2.27. The predicted octanol–water partition coefficient (Wildman–Crippen LogP) is 1.37. The molecule has 0 aromatic heterocycles. The van der Waals surface area contributed by atoms with Gasteiger partial charge < -0.3 is 24.2 Å². The normalized spacial score (nSPS) is 17.2. The van der Waals surface area contributed by atoms with Gasteiger partial charge in [0.2, 0.25) is 5.91 Å². The zero-order valence-electron chi connectivity index (χ0n) is 18.2. The minimum absolute atomic E-state index is 0.0404. The molecule has 2 aromatic rings. The van der Waals surface area contributed by atoms with Crippen LogP contribution in [0, 0.1) is 0 Å². The number of hydrogen-bond acceptors (Lipinski definition) is 4. The van der Waals surface area contributed by atoms with Gasteiger partial charge in [-0.1, -0.05) is 6.07 Å². The average Bonchev–Trinajstić information content (AvgIpc) is 3.25. The molecule has 164 valence electrons. The summed E-state index contributed by atoms with van der Waals surface area (Å²) in [5.41, 5.74) is 2.67. The molecule has 0 unspecified atom stereocenters. The van der Waals surface area contributed by atoms with Gasteiger partial charge in [-0.15, -0.1) is 0 Å². The number of methoxy groups -OCH3 is 2. The molecule has 1 N–H and O–H groups in total. The highest BCUT2D eigenvalue weighted by molar-refractivity contribution is 5.99. The van der Waals surface area contributed by atoms with Crippen LogP contribution in [0.25, 0.3) is 0 Å². The molecule has 0 bridgehead atoms. The van der Waals surface area contributed by atoms with E-state index in [0.29, 0.717) is 25.1 Å². The summed E-state index contributed by atoms with van der Waals surface area (Å²) in [6.45, 7) is 4.83. The van der Waals surface area contributed by atoms with Crippen molar-refractivity contribution < 1.29 is 24.0 Å². The zero-order valence-corrected chi connectivity index (χ0v) is 18.2. The average molecular weight is 425 g/mol. The summed E-state index contributed by atoms with van der Waals surface area (Å²) in [6.07, 6.45) is 1.46. The molecular weight excluding hydrogens is 394 g/mol. The van der Waals surface area contributed by atoms with Gasteiger partial charge in [-0.25, -0.2) is 0 Å². The second-order valence-electron chi connectivity index (χ2n) is 8.11. The van der Waals surface area contributed by atoms with E-state index in [9.17, 15) is 9.59 Å². The monoisotopic (exact) mass is 424 g/mol. The van der Waals surface area contributed by atoms with Crippen LogP contribution in [0.5, 0.6) is 11.5 Å². The van der Waals surface area contributed by atoms with Crippen LogP contribution in [0.4, 0.5) is 5.69 Å². The zero-order chi connectivity index (χ0) is 21.8. The van der Waals surface area contributed by atoms with Gasteiger partial charge in [-0.2, -0.15) is 0 Å². The van der Waals surface area contributed by atoms with Crippen molar-refractivity contribution in [2.24, 2.45) is 0 Å². The van der Waals surface area contributed by atoms with Crippen LogP contribution in [0.3, 0.4) is 0 Å². The molecule has 7 nitrogen and oxygen atoms in total. The number of benzene rings is 2. The Kier molecular flexibility index (Phi) is 6.42. The number of carbonyl (C=O) groups is 2. The molecule has 0 saturated carbocycles. The highest BCUT2D eigenvalue weighted by Gasteiger charge is 2.26. The Hall–Kier alpha value is -3.06. The molecule has 0 atom stereocenters. The van der Waals surface area contributed by atoms with E-state index >= 15 is 0 Å². The number of nitrogens with one attached hydrogen (secondary N) is 1. The number of rotatable bonds is 6. The summed E-state index contributed by atoms with van der Waals surface area (Å²) in [7, 11) is 3.28. The van der Waals surface area contributed by atoms with Crippen molar-refractivity contribution in [3.8, 4) is 11.5 Å². The summed E-state index contributed by atoms with van der Waals surface area (Å²) in [5, 5.41) is 0. The summed E-state index contributed by atoms with van der Waals surface area (Å²) >= 11 is 0. The number of hydrogen-bond donors (Lipinski definition) is 1. The van der Waals surface area contributed by atoms with Crippen LogP contribution in [0.1, 0.15) is 28.8 Å². The summed E-state index contributed by atoms with van der Waals surface area (Å²) in [6, 6.07) is 13.5. The number of amides is 2. The Morgan fingerprint density at radius 2 is 1.77 bits per heavy atom. The minimum Gasteiger partial charge on any atom is -0.493 e. The number of quaternary nitrogens is 1. The Balaban J connectivity index is 1.36. The van der Waals surface area contributed by atoms with Gasteiger partial charge in [-0.05, 0) is 42.8 Å². The fraction of sp³-hybridized carbons (Fsp3) is 0.417. The van der Waals surface area contributed by atoms with Crippen molar-refractivity contribution in [2.45, 2.75) is 19.4 Å². The van der Waals surface area contributed by atoms with E-state index in [1.807, 2.05) is 41.3 Å². The van der Waals surface area contributed by atoms with Crippen molar-refractivity contribution in [3.05, 3.63) is 53.6 Å². The molecule has 0 radical (unpaired) electrons. The molecule has 0 spiro atoms. The maximum atomic E-state index is 13.1. The predicted molar refractivity (Wildman–Crippen MR) is 118 cm³/mol. The number of piperazine rings is 1. The standard InChI is InChI=1S/C24H29N3O4/c1-30-21-9-8-18(15-22(21)31-2)17-25-11-13-26(14-12-25)24(29)19-5-3-6-20(16-19)27-10-4-7-23(27)28/h3,5-6,8-9,15-16H,4,7,10-14,17H2,1-2H3/p+1. The van der Waals surface area contributed by atoms with Crippen LogP contribution in [-0.4, -0.2) is 63.7 Å². The molecule has 0 aliphatic carbocycles. The third kappa shape index (κ3) is 4.66.